The second-order valence-corrected chi connectivity index (χ2v) is 6.13. The highest BCUT2D eigenvalue weighted by Crippen LogP contribution is 2.30. The summed E-state index contributed by atoms with van der Waals surface area (Å²) in [6, 6.07) is 7.40. The zero-order valence-corrected chi connectivity index (χ0v) is 13.3. The fourth-order valence-corrected chi connectivity index (χ4v) is 3.23. The maximum atomic E-state index is 12.0. The third-order valence-electron chi connectivity index (χ3n) is 3.26. The van der Waals surface area contributed by atoms with Crippen molar-refractivity contribution >= 4 is 28.8 Å². The summed E-state index contributed by atoms with van der Waals surface area (Å²) in [6.45, 7) is 0.661. The van der Waals surface area contributed by atoms with Crippen molar-refractivity contribution in [3.63, 3.8) is 0 Å². The van der Waals surface area contributed by atoms with Crippen LogP contribution in [0.15, 0.2) is 29.6 Å². The second kappa shape index (κ2) is 7.19. The summed E-state index contributed by atoms with van der Waals surface area (Å²) in [4.78, 5) is 21.6. The van der Waals surface area contributed by atoms with Gasteiger partial charge < -0.3 is 4.74 Å². The van der Waals surface area contributed by atoms with Crippen molar-refractivity contribution in [2.75, 3.05) is 6.61 Å². The molecular weight excluding hydrogens is 324 g/mol. The Hall–Kier alpha value is -1.47. The fraction of sp³-hybridized carbons (Fsp3) is 0.333. The lowest BCUT2D eigenvalue weighted by Crippen LogP contribution is -2.33. The van der Waals surface area contributed by atoms with E-state index in [-0.39, 0.29) is 12.2 Å². The summed E-state index contributed by atoms with van der Waals surface area (Å²) in [5, 5.41) is 2.99. The molecule has 7 heteroatoms. The second-order valence-electron chi connectivity index (χ2n) is 4.86. The number of thiazole rings is 1. The van der Waals surface area contributed by atoms with Crippen molar-refractivity contribution in [1.29, 1.82) is 0 Å². The molecule has 0 unspecified atom stereocenters. The Labute approximate surface area is 137 Å². The van der Waals surface area contributed by atoms with Gasteiger partial charge in [-0.25, -0.2) is 15.3 Å². The molecule has 116 valence electrons. The number of halogens is 1. The molecule has 5 nitrogen and oxygen atoms in total. The number of nitrogens with zero attached hydrogens (tertiary/aromatic N) is 1. The van der Waals surface area contributed by atoms with Crippen LogP contribution in [0.2, 0.25) is 5.02 Å². The van der Waals surface area contributed by atoms with Gasteiger partial charge in [-0.2, -0.15) is 0 Å². The third kappa shape index (κ3) is 3.64. The Morgan fingerprint density at radius 2 is 2.27 bits per heavy atom. The van der Waals surface area contributed by atoms with Crippen LogP contribution in [-0.2, 0) is 9.57 Å². The molecule has 3 rings (SSSR count). The zero-order valence-electron chi connectivity index (χ0n) is 11.8. The highest BCUT2D eigenvalue weighted by Gasteiger charge is 2.18. The molecule has 1 N–H and O–H groups in total. The lowest BCUT2D eigenvalue weighted by atomic mass is 10.2. The first-order valence-corrected chi connectivity index (χ1v) is 8.28. The molecule has 1 amide bonds. The molecule has 0 bridgehead atoms. The molecule has 0 aliphatic carbocycles. The average molecular weight is 339 g/mol. The molecule has 1 fully saturated rings. The summed E-state index contributed by atoms with van der Waals surface area (Å²) in [6.07, 6.45) is 2.47. The predicted octanol–water partition coefficient (Wildman–Crippen LogP) is 3.65. The van der Waals surface area contributed by atoms with Crippen LogP contribution < -0.4 is 5.48 Å². The minimum atomic E-state index is -0.385. The van der Waals surface area contributed by atoms with Crippen molar-refractivity contribution in [2.45, 2.75) is 25.6 Å². The number of aromatic nitrogens is 1. The van der Waals surface area contributed by atoms with Crippen LogP contribution in [0.4, 0.5) is 0 Å². The van der Waals surface area contributed by atoms with E-state index in [9.17, 15) is 4.79 Å². The summed E-state index contributed by atoms with van der Waals surface area (Å²) in [5.41, 5.74) is 3.51. The first kappa shape index (κ1) is 15.4. The molecule has 1 saturated heterocycles. The molecule has 2 aromatic rings. The first-order chi connectivity index (χ1) is 10.7. The van der Waals surface area contributed by atoms with Crippen molar-refractivity contribution in [2.24, 2.45) is 0 Å². The summed E-state index contributed by atoms with van der Waals surface area (Å²) in [5.74, 6) is -0.385. The normalized spacial score (nSPS) is 18.1. The number of nitrogens with one attached hydrogen (secondary N) is 1. The van der Waals surface area contributed by atoms with E-state index < -0.39 is 0 Å². The van der Waals surface area contributed by atoms with Gasteiger partial charge in [-0.05, 0) is 18.9 Å². The lowest BCUT2D eigenvalue weighted by molar-refractivity contribution is -0.186. The van der Waals surface area contributed by atoms with E-state index in [0.717, 1.165) is 24.8 Å². The quantitative estimate of drug-likeness (QED) is 0.864. The zero-order chi connectivity index (χ0) is 15.4. The van der Waals surface area contributed by atoms with Crippen LogP contribution in [-0.4, -0.2) is 23.8 Å². The summed E-state index contributed by atoms with van der Waals surface area (Å²) >= 11 is 7.50. The highest BCUT2D eigenvalue weighted by atomic mass is 35.5. The van der Waals surface area contributed by atoms with Gasteiger partial charge in [-0.1, -0.05) is 29.8 Å². The number of benzene rings is 1. The van der Waals surface area contributed by atoms with Gasteiger partial charge in [0.25, 0.3) is 5.91 Å². The van der Waals surface area contributed by atoms with E-state index in [2.05, 4.69) is 10.5 Å². The Bertz CT molecular complexity index is 656. The van der Waals surface area contributed by atoms with Crippen LogP contribution in [0.25, 0.3) is 10.6 Å². The maximum absolute atomic E-state index is 12.0. The van der Waals surface area contributed by atoms with Crippen LogP contribution in [0.5, 0.6) is 0 Å². The van der Waals surface area contributed by atoms with Crippen molar-refractivity contribution in [1.82, 2.24) is 10.5 Å². The molecule has 0 saturated carbocycles. The number of carbonyl (C=O) groups is 1. The van der Waals surface area contributed by atoms with Gasteiger partial charge in [-0.15, -0.1) is 11.3 Å². The van der Waals surface area contributed by atoms with Crippen molar-refractivity contribution in [3.05, 3.63) is 40.4 Å². The number of ether oxygens (including phenoxy) is 1. The first-order valence-electron chi connectivity index (χ1n) is 7.02. The van der Waals surface area contributed by atoms with Crippen molar-refractivity contribution in [3.8, 4) is 10.6 Å². The number of hydroxylamine groups is 1. The Kier molecular flexibility index (Phi) is 5.04. The Morgan fingerprint density at radius 3 is 3.05 bits per heavy atom. The number of hydrogen-bond acceptors (Lipinski definition) is 5. The molecule has 1 aromatic heterocycles. The molecule has 1 atom stereocenters. The minimum absolute atomic E-state index is 0.302. The lowest BCUT2D eigenvalue weighted by Gasteiger charge is -2.21. The van der Waals surface area contributed by atoms with Gasteiger partial charge in [0.1, 0.15) is 10.7 Å². The third-order valence-corrected chi connectivity index (χ3v) is 4.47. The molecule has 1 aliphatic rings. The Balaban J connectivity index is 1.63. The molecule has 22 heavy (non-hydrogen) atoms. The highest BCUT2D eigenvalue weighted by molar-refractivity contribution is 7.13. The summed E-state index contributed by atoms with van der Waals surface area (Å²) in [7, 11) is 0. The van der Waals surface area contributed by atoms with Gasteiger partial charge in [-0.3, -0.25) is 4.79 Å². The minimum Gasteiger partial charge on any atom is -0.350 e. The number of amides is 1. The van der Waals surface area contributed by atoms with Crippen molar-refractivity contribution < 1.29 is 14.4 Å². The smallest absolute Gasteiger partial charge is 0.294 e. The summed E-state index contributed by atoms with van der Waals surface area (Å²) < 4.78 is 5.38. The van der Waals surface area contributed by atoms with Crippen LogP contribution >= 0.6 is 22.9 Å². The molecule has 0 radical (unpaired) electrons. The molecule has 2 heterocycles. The monoisotopic (exact) mass is 338 g/mol. The Morgan fingerprint density at radius 1 is 1.41 bits per heavy atom. The number of rotatable bonds is 4. The van der Waals surface area contributed by atoms with E-state index in [1.54, 1.807) is 11.4 Å². The van der Waals surface area contributed by atoms with Crippen LogP contribution in [0, 0.1) is 0 Å². The van der Waals surface area contributed by atoms with Gasteiger partial charge in [0.2, 0.25) is 0 Å². The number of hydrogen-bond donors (Lipinski definition) is 1. The van der Waals surface area contributed by atoms with E-state index in [1.165, 1.54) is 11.3 Å². The maximum Gasteiger partial charge on any atom is 0.294 e. The predicted molar refractivity (Wildman–Crippen MR) is 84.7 cm³/mol. The molecule has 0 spiro atoms. The van der Waals surface area contributed by atoms with Gasteiger partial charge in [0.05, 0.1) is 5.02 Å². The van der Waals surface area contributed by atoms with Gasteiger partial charge >= 0.3 is 0 Å². The van der Waals surface area contributed by atoms with E-state index in [1.807, 2.05) is 18.2 Å². The largest absolute Gasteiger partial charge is 0.350 e. The number of carbonyl (C=O) groups excluding carboxylic acids is 1. The molecule has 1 aromatic carbocycles. The fourth-order valence-electron chi connectivity index (χ4n) is 2.11. The standard InChI is InChI=1S/C15H15ClN2O3S/c16-11-6-2-1-5-10(11)15-17-12(9-22-15)14(19)18-21-13-7-3-4-8-20-13/h1-2,5-6,9,13H,3-4,7-8H2,(H,18,19)/t13-/m0/s1. The average Bonchev–Trinajstić information content (AvgIpc) is 3.04. The van der Waals surface area contributed by atoms with E-state index in [0.29, 0.717) is 22.3 Å². The van der Waals surface area contributed by atoms with E-state index in [4.69, 9.17) is 21.2 Å². The van der Waals surface area contributed by atoms with Gasteiger partial charge in [0, 0.05) is 24.0 Å². The molecular formula is C15H15ClN2O3S. The van der Waals surface area contributed by atoms with Crippen LogP contribution in [0.3, 0.4) is 0 Å². The van der Waals surface area contributed by atoms with Crippen LogP contribution in [0.1, 0.15) is 29.8 Å². The topological polar surface area (TPSA) is 60.5 Å². The van der Waals surface area contributed by atoms with E-state index >= 15 is 0 Å². The molecule has 1 aliphatic heterocycles. The van der Waals surface area contributed by atoms with Gasteiger partial charge in [0.15, 0.2) is 6.29 Å². The SMILES string of the molecule is O=C(NO[C@H]1CCCCO1)c1csc(-c2ccccc2Cl)n1.